The maximum Gasteiger partial charge on any atom is 0.264 e. The number of hydrogen-bond donors (Lipinski definition) is 1. The van der Waals surface area contributed by atoms with Gasteiger partial charge in [-0.1, -0.05) is 66.7 Å². The van der Waals surface area contributed by atoms with E-state index < -0.39 is 5.91 Å². The summed E-state index contributed by atoms with van der Waals surface area (Å²) in [6, 6.07) is 19.4. The summed E-state index contributed by atoms with van der Waals surface area (Å²) in [5, 5.41) is 12.6. The number of amides is 2. The minimum Gasteiger partial charge on any atom is -0.351 e. The van der Waals surface area contributed by atoms with Crippen LogP contribution in [0.15, 0.2) is 65.2 Å². The number of hydrogen-bond acceptors (Lipinski definition) is 4. The zero-order valence-corrected chi connectivity index (χ0v) is 17.3. The molecule has 2 aromatic carbocycles. The molecule has 1 fully saturated rings. The zero-order valence-electron chi connectivity index (χ0n) is 16.5. The second-order valence-corrected chi connectivity index (χ2v) is 8.00. The van der Waals surface area contributed by atoms with Crippen molar-refractivity contribution in [3.8, 4) is 6.07 Å². The van der Waals surface area contributed by atoms with Crippen LogP contribution in [0.2, 0.25) is 0 Å². The van der Waals surface area contributed by atoms with Gasteiger partial charge in [0.15, 0.2) is 0 Å². The molecular formula is C23H23N3O2S. The fraction of sp³-hybridized carbons (Fsp3) is 0.261. The van der Waals surface area contributed by atoms with Crippen molar-refractivity contribution in [3.63, 3.8) is 0 Å². The number of anilines is 1. The van der Waals surface area contributed by atoms with Crippen molar-refractivity contribution in [2.24, 2.45) is 0 Å². The van der Waals surface area contributed by atoms with Crippen LogP contribution in [0.1, 0.15) is 24.5 Å². The maximum absolute atomic E-state index is 12.9. The van der Waals surface area contributed by atoms with E-state index in [0.717, 1.165) is 11.1 Å². The molecule has 6 heteroatoms. The summed E-state index contributed by atoms with van der Waals surface area (Å²) >= 11 is 1.29. The zero-order chi connectivity index (χ0) is 20.8. The van der Waals surface area contributed by atoms with E-state index in [1.807, 2.05) is 74.5 Å². The fourth-order valence-corrected chi connectivity index (χ4v) is 4.30. The van der Waals surface area contributed by atoms with E-state index in [1.54, 1.807) is 0 Å². The fourth-order valence-electron chi connectivity index (χ4n) is 3.10. The van der Waals surface area contributed by atoms with Gasteiger partial charge < -0.3 is 5.32 Å². The molecule has 1 N–H and O–H groups in total. The number of thioether (sulfide) groups is 1. The molecule has 2 aromatic rings. The molecule has 0 saturated carbocycles. The molecule has 5 nitrogen and oxygen atoms in total. The third kappa shape index (κ3) is 4.69. The normalized spacial score (nSPS) is 17.8. The van der Waals surface area contributed by atoms with Gasteiger partial charge in [-0.25, -0.2) is 0 Å². The first kappa shape index (κ1) is 20.7. The molecule has 0 bridgehead atoms. The third-order valence-electron chi connectivity index (χ3n) is 4.71. The van der Waals surface area contributed by atoms with Crippen molar-refractivity contribution in [2.75, 3.05) is 11.4 Å². The molecule has 0 radical (unpaired) electrons. The molecule has 1 atom stereocenters. The van der Waals surface area contributed by atoms with Gasteiger partial charge in [0.1, 0.15) is 16.7 Å². The molecule has 1 aliphatic rings. The van der Waals surface area contributed by atoms with Gasteiger partial charge in [0.2, 0.25) is 5.91 Å². The van der Waals surface area contributed by atoms with Crippen LogP contribution in [0, 0.1) is 18.3 Å². The van der Waals surface area contributed by atoms with Crippen molar-refractivity contribution in [3.05, 3.63) is 76.3 Å². The molecule has 0 unspecified atom stereocenters. The van der Waals surface area contributed by atoms with Gasteiger partial charge in [-0.15, -0.1) is 0 Å². The van der Waals surface area contributed by atoms with Crippen molar-refractivity contribution in [1.29, 1.82) is 5.26 Å². The Balaban J connectivity index is 1.84. The second-order valence-electron chi connectivity index (χ2n) is 6.81. The van der Waals surface area contributed by atoms with Crippen LogP contribution in [0.5, 0.6) is 0 Å². The van der Waals surface area contributed by atoms with Gasteiger partial charge in [-0.05, 0) is 37.5 Å². The van der Waals surface area contributed by atoms with Crippen LogP contribution < -0.4 is 10.2 Å². The number of carbonyl (C=O) groups is 2. The number of rotatable bonds is 6. The first-order valence-electron chi connectivity index (χ1n) is 9.59. The van der Waals surface area contributed by atoms with E-state index in [0.29, 0.717) is 30.1 Å². The summed E-state index contributed by atoms with van der Waals surface area (Å²) in [5.41, 5.74) is 2.83. The Morgan fingerprint density at radius 3 is 2.48 bits per heavy atom. The summed E-state index contributed by atoms with van der Waals surface area (Å²) in [6.07, 6.45) is 1.30. The Hall–Kier alpha value is -3.04. The van der Waals surface area contributed by atoms with Gasteiger partial charge >= 0.3 is 0 Å². The molecule has 2 amide bonds. The highest BCUT2D eigenvalue weighted by atomic mass is 32.2. The first-order valence-corrected chi connectivity index (χ1v) is 10.5. The van der Waals surface area contributed by atoms with Gasteiger partial charge in [0.25, 0.3) is 5.91 Å². The first-order chi connectivity index (χ1) is 14.0. The largest absolute Gasteiger partial charge is 0.351 e. The van der Waals surface area contributed by atoms with Crippen molar-refractivity contribution in [1.82, 2.24) is 5.32 Å². The topological polar surface area (TPSA) is 73.2 Å². The number of carbonyl (C=O) groups excluding carboxylic acids is 2. The lowest BCUT2D eigenvalue weighted by Crippen LogP contribution is -2.32. The minimum absolute atomic E-state index is 0.0204. The summed E-state index contributed by atoms with van der Waals surface area (Å²) in [4.78, 5) is 27.2. The molecule has 1 aliphatic heterocycles. The van der Waals surface area contributed by atoms with Crippen LogP contribution in [-0.2, 0) is 16.0 Å². The highest BCUT2D eigenvalue weighted by Gasteiger charge is 2.39. The predicted octanol–water partition coefficient (Wildman–Crippen LogP) is 3.95. The van der Waals surface area contributed by atoms with Gasteiger partial charge in [0, 0.05) is 12.2 Å². The van der Waals surface area contributed by atoms with E-state index in [-0.39, 0.29) is 16.7 Å². The van der Waals surface area contributed by atoms with Crippen molar-refractivity contribution >= 4 is 29.3 Å². The van der Waals surface area contributed by atoms with E-state index in [9.17, 15) is 14.9 Å². The van der Waals surface area contributed by atoms with Crippen LogP contribution in [-0.4, -0.2) is 23.6 Å². The lowest BCUT2D eigenvalue weighted by molar-refractivity contribution is -0.117. The number of aryl methyl sites for hydroxylation is 1. The molecule has 29 heavy (non-hydrogen) atoms. The standard InChI is InChI=1S/C23H23N3O2S/c1-3-20-22(28)26(18-11-9-16(2)10-12-18)23(29-20)19(15-24)21(27)25-14-13-17-7-5-4-6-8-17/h4-12,20H,3,13-14H2,1-2H3,(H,25,27)/b23-19+/t20-/m0/s1. The van der Waals surface area contributed by atoms with Crippen molar-refractivity contribution in [2.45, 2.75) is 31.9 Å². The van der Waals surface area contributed by atoms with Gasteiger partial charge in [-0.2, -0.15) is 5.26 Å². The number of benzene rings is 2. The van der Waals surface area contributed by atoms with Gasteiger partial charge in [-0.3, -0.25) is 14.5 Å². The molecule has 0 spiro atoms. The molecule has 1 heterocycles. The average molecular weight is 406 g/mol. The Bertz CT molecular complexity index is 962. The average Bonchev–Trinajstić information content (AvgIpc) is 3.06. The number of nitriles is 1. The molecule has 3 rings (SSSR count). The SMILES string of the molecule is CC[C@@H]1S/C(=C(\C#N)C(=O)NCCc2ccccc2)N(c2ccc(C)cc2)C1=O. The number of nitrogens with one attached hydrogen (secondary N) is 1. The number of nitrogens with zero attached hydrogens (tertiary/aromatic N) is 2. The van der Waals surface area contributed by atoms with Gasteiger partial charge in [0.05, 0.1) is 5.25 Å². The molecule has 1 saturated heterocycles. The summed E-state index contributed by atoms with van der Waals surface area (Å²) in [6.45, 7) is 4.32. The maximum atomic E-state index is 12.9. The monoisotopic (exact) mass is 405 g/mol. The second kappa shape index (κ2) is 9.44. The van der Waals surface area contributed by atoms with E-state index in [2.05, 4.69) is 5.32 Å². The molecule has 148 valence electrons. The van der Waals surface area contributed by atoms with Crippen molar-refractivity contribution < 1.29 is 9.59 Å². The molecule has 0 aliphatic carbocycles. The Kier molecular flexibility index (Phi) is 6.73. The van der Waals surface area contributed by atoms with Crippen LogP contribution >= 0.6 is 11.8 Å². The highest BCUT2D eigenvalue weighted by Crippen LogP contribution is 2.41. The van der Waals surface area contributed by atoms with Crippen LogP contribution in [0.25, 0.3) is 0 Å². The summed E-state index contributed by atoms with van der Waals surface area (Å²) < 4.78 is 0. The van der Waals surface area contributed by atoms with E-state index >= 15 is 0 Å². The Morgan fingerprint density at radius 1 is 1.17 bits per heavy atom. The van der Waals surface area contributed by atoms with Crippen LogP contribution in [0.4, 0.5) is 5.69 Å². The smallest absolute Gasteiger partial charge is 0.264 e. The summed E-state index contributed by atoms with van der Waals surface area (Å²) in [5.74, 6) is -0.547. The quantitative estimate of drug-likeness (QED) is 0.583. The van der Waals surface area contributed by atoms with E-state index in [4.69, 9.17) is 0 Å². The van der Waals surface area contributed by atoms with E-state index in [1.165, 1.54) is 16.7 Å². The predicted molar refractivity (Wildman–Crippen MR) is 116 cm³/mol. The lowest BCUT2D eigenvalue weighted by Gasteiger charge is -2.19. The summed E-state index contributed by atoms with van der Waals surface area (Å²) in [7, 11) is 0. The highest BCUT2D eigenvalue weighted by molar-refractivity contribution is 8.05. The third-order valence-corrected chi connectivity index (χ3v) is 6.14. The minimum atomic E-state index is -0.451. The Morgan fingerprint density at radius 2 is 1.86 bits per heavy atom. The molecule has 0 aromatic heterocycles. The van der Waals surface area contributed by atoms with Crippen LogP contribution in [0.3, 0.4) is 0 Å². The Labute approximate surface area is 175 Å². The lowest BCUT2D eigenvalue weighted by atomic mass is 10.1. The molecular weight excluding hydrogens is 382 g/mol.